The van der Waals surface area contributed by atoms with E-state index in [-0.39, 0.29) is 6.10 Å². The Morgan fingerprint density at radius 1 is 1.24 bits per heavy atom. The van der Waals surface area contributed by atoms with E-state index in [0.717, 1.165) is 45.7 Å². The highest BCUT2D eigenvalue weighted by molar-refractivity contribution is 6.30. The van der Waals surface area contributed by atoms with Gasteiger partial charge in [-0.25, -0.2) is 9.97 Å². The standard InChI is InChI=1S/C15H22ClN3O2/c16-13-8-17-15(18-9-13)21-14-3-5-19(6-4-14)10-12-2-1-7-20-11-12/h8-9,12,14H,1-7,10-11H2. The van der Waals surface area contributed by atoms with Gasteiger partial charge in [-0.1, -0.05) is 11.6 Å². The van der Waals surface area contributed by atoms with E-state index in [1.807, 2.05) is 0 Å². The smallest absolute Gasteiger partial charge is 0.316 e. The summed E-state index contributed by atoms with van der Waals surface area (Å²) in [5, 5.41) is 0.534. The van der Waals surface area contributed by atoms with Crippen LogP contribution in [-0.4, -0.2) is 53.8 Å². The van der Waals surface area contributed by atoms with Crippen molar-refractivity contribution in [3.8, 4) is 6.01 Å². The Balaban J connectivity index is 1.41. The molecular weight excluding hydrogens is 290 g/mol. The van der Waals surface area contributed by atoms with Crippen LogP contribution in [0.4, 0.5) is 0 Å². The second kappa shape index (κ2) is 7.38. The highest BCUT2D eigenvalue weighted by atomic mass is 35.5. The van der Waals surface area contributed by atoms with Gasteiger partial charge in [-0.05, 0) is 31.6 Å². The molecule has 1 atom stereocenters. The molecule has 2 aliphatic rings. The van der Waals surface area contributed by atoms with Gasteiger partial charge in [0.2, 0.25) is 0 Å². The zero-order valence-electron chi connectivity index (χ0n) is 12.2. The third kappa shape index (κ3) is 4.53. The molecule has 0 N–H and O–H groups in total. The lowest BCUT2D eigenvalue weighted by Gasteiger charge is -2.34. The molecule has 0 amide bonds. The Labute approximate surface area is 130 Å². The lowest BCUT2D eigenvalue weighted by atomic mass is 9.99. The van der Waals surface area contributed by atoms with Crippen molar-refractivity contribution < 1.29 is 9.47 Å². The van der Waals surface area contributed by atoms with Gasteiger partial charge < -0.3 is 14.4 Å². The minimum atomic E-state index is 0.213. The molecule has 3 rings (SSSR count). The van der Waals surface area contributed by atoms with Crippen molar-refractivity contribution in [2.75, 3.05) is 32.8 Å². The number of nitrogens with zero attached hydrogens (tertiary/aromatic N) is 3. The molecule has 0 aromatic carbocycles. The molecule has 3 heterocycles. The molecule has 0 aliphatic carbocycles. The fraction of sp³-hybridized carbons (Fsp3) is 0.733. The second-order valence-corrected chi connectivity index (χ2v) is 6.32. The Morgan fingerprint density at radius 3 is 2.67 bits per heavy atom. The number of ether oxygens (including phenoxy) is 2. The van der Waals surface area contributed by atoms with Crippen LogP contribution < -0.4 is 4.74 Å². The van der Waals surface area contributed by atoms with Crippen molar-refractivity contribution in [2.24, 2.45) is 5.92 Å². The van der Waals surface area contributed by atoms with Crippen LogP contribution in [0.5, 0.6) is 6.01 Å². The Hall–Kier alpha value is -0.910. The molecule has 0 spiro atoms. The summed E-state index contributed by atoms with van der Waals surface area (Å²) < 4.78 is 11.4. The normalized spacial score (nSPS) is 24.9. The molecule has 1 aromatic heterocycles. The first-order chi connectivity index (χ1) is 10.3. The first-order valence-corrected chi connectivity index (χ1v) is 8.12. The van der Waals surface area contributed by atoms with Crippen molar-refractivity contribution >= 4 is 11.6 Å². The van der Waals surface area contributed by atoms with E-state index in [9.17, 15) is 0 Å². The van der Waals surface area contributed by atoms with Gasteiger partial charge in [-0.3, -0.25) is 0 Å². The first-order valence-electron chi connectivity index (χ1n) is 7.74. The Kier molecular flexibility index (Phi) is 5.27. The van der Waals surface area contributed by atoms with Gasteiger partial charge >= 0.3 is 6.01 Å². The molecule has 0 radical (unpaired) electrons. The maximum absolute atomic E-state index is 5.82. The van der Waals surface area contributed by atoms with E-state index in [0.29, 0.717) is 17.0 Å². The minimum absolute atomic E-state index is 0.213. The Morgan fingerprint density at radius 2 is 2.00 bits per heavy atom. The molecule has 2 saturated heterocycles. The van der Waals surface area contributed by atoms with Crippen LogP contribution in [0.25, 0.3) is 0 Å². The largest absolute Gasteiger partial charge is 0.460 e. The summed E-state index contributed by atoms with van der Waals surface area (Å²) >= 11 is 5.77. The maximum Gasteiger partial charge on any atom is 0.316 e. The van der Waals surface area contributed by atoms with Crippen molar-refractivity contribution in [1.82, 2.24) is 14.9 Å². The highest BCUT2D eigenvalue weighted by Crippen LogP contribution is 2.20. The number of hydrogen-bond acceptors (Lipinski definition) is 5. The van der Waals surface area contributed by atoms with E-state index in [4.69, 9.17) is 21.1 Å². The lowest BCUT2D eigenvalue weighted by molar-refractivity contribution is 0.0251. The van der Waals surface area contributed by atoms with Crippen LogP contribution in [0.15, 0.2) is 12.4 Å². The van der Waals surface area contributed by atoms with Crippen LogP contribution in [0.2, 0.25) is 5.02 Å². The van der Waals surface area contributed by atoms with Crippen LogP contribution in [0.1, 0.15) is 25.7 Å². The molecule has 2 fully saturated rings. The van der Waals surface area contributed by atoms with Crippen molar-refractivity contribution in [3.63, 3.8) is 0 Å². The SMILES string of the molecule is Clc1cnc(OC2CCN(CC3CCCOC3)CC2)nc1. The number of halogens is 1. The fourth-order valence-electron chi connectivity index (χ4n) is 3.04. The maximum atomic E-state index is 5.82. The number of aromatic nitrogens is 2. The van der Waals surface area contributed by atoms with Gasteiger partial charge in [0.1, 0.15) is 6.10 Å². The average Bonchev–Trinajstić information content (AvgIpc) is 2.53. The van der Waals surface area contributed by atoms with E-state index in [1.54, 1.807) is 12.4 Å². The molecule has 2 aliphatic heterocycles. The van der Waals surface area contributed by atoms with Crippen LogP contribution in [0, 0.1) is 5.92 Å². The molecule has 0 saturated carbocycles. The minimum Gasteiger partial charge on any atom is -0.460 e. The first kappa shape index (κ1) is 15.0. The van der Waals surface area contributed by atoms with E-state index >= 15 is 0 Å². The summed E-state index contributed by atoms with van der Waals surface area (Å²) in [6, 6.07) is 0.429. The van der Waals surface area contributed by atoms with E-state index < -0.39 is 0 Å². The number of hydrogen-bond donors (Lipinski definition) is 0. The molecule has 1 aromatic rings. The summed E-state index contributed by atoms with van der Waals surface area (Å²) in [5.74, 6) is 0.704. The quantitative estimate of drug-likeness (QED) is 0.854. The van der Waals surface area contributed by atoms with Crippen LogP contribution >= 0.6 is 11.6 Å². The fourth-order valence-corrected chi connectivity index (χ4v) is 3.13. The van der Waals surface area contributed by atoms with Gasteiger partial charge in [0, 0.05) is 26.2 Å². The number of likely N-dealkylation sites (tertiary alicyclic amines) is 1. The molecule has 6 heteroatoms. The molecule has 0 bridgehead atoms. The molecule has 5 nitrogen and oxygen atoms in total. The lowest BCUT2D eigenvalue weighted by Crippen LogP contribution is -2.42. The van der Waals surface area contributed by atoms with Gasteiger partial charge in [-0.15, -0.1) is 0 Å². The zero-order valence-corrected chi connectivity index (χ0v) is 13.0. The predicted molar refractivity (Wildman–Crippen MR) is 80.7 cm³/mol. The van der Waals surface area contributed by atoms with E-state index in [2.05, 4.69) is 14.9 Å². The summed E-state index contributed by atoms with van der Waals surface area (Å²) in [6.45, 7) is 5.18. The van der Waals surface area contributed by atoms with Gasteiger partial charge in [0.05, 0.1) is 24.0 Å². The van der Waals surface area contributed by atoms with Crippen LogP contribution in [0.3, 0.4) is 0 Å². The Bertz CT molecular complexity index is 429. The topological polar surface area (TPSA) is 47.5 Å². The highest BCUT2D eigenvalue weighted by Gasteiger charge is 2.24. The van der Waals surface area contributed by atoms with Crippen LogP contribution in [-0.2, 0) is 4.74 Å². The zero-order chi connectivity index (χ0) is 14.5. The molecule has 116 valence electrons. The monoisotopic (exact) mass is 311 g/mol. The second-order valence-electron chi connectivity index (χ2n) is 5.88. The van der Waals surface area contributed by atoms with Gasteiger partial charge in [0.15, 0.2) is 0 Å². The third-order valence-corrected chi connectivity index (χ3v) is 4.37. The summed E-state index contributed by atoms with van der Waals surface area (Å²) in [7, 11) is 0. The molecule has 21 heavy (non-hydrogen) atoms. The summed E-state index contributed by atoms with van der Waals surface area (Å²) in [5.41, 5.74) is 0. The molecular formula is C15H22ClN3O2. The predicted octanol–water partition coefficient (Wildman–Crippen LogP) is 2.40. The third-order valence-electron chi connectivity index (χ3n) is 4.17. The summed E-state index contributed by atoms with van der Waals surface area (Å²) in [4.78, 5) is 10.7. The number of rotatable bonds is 4. The number of piperidine rings is 1. The van der Waals surface area contributed by atoms with E-state index in [1.165, 1.54) is 12.8 Å². The average molecular weight is 312 g/mol. The van der Waals surface area contributed by atoms with Gasteiger partial charge in [0.25, 0.3) is 0 Å². The van der Waals surface area contributed by atoms with Crippen molar-refractivity contribution in [1.29, 1.82) is 0 Å². The summed E-state index contributed by atoms with van der Waals surface area (Å²) in [6.07, 6.45) is 7.92. The molecule has 1 unspecified atom stereocenters. The van der Waals surface area contributed by atoms with Crippen molar-refractivity contribution in [3.05, 3.63) is 17.4 Å². The van der Waals surface area contributed by atoms with Gasteiger partial charge in [-0.2, -0.15) is 0 Å². The van der Waals surface area contributed by atoms with Crippen molar-refractivity contribution in [2.45, 2.75) is 31.8 Å².